The summed E-state index contributed by atoms with van der Waals surface area (Å²) in [5.74, 6) is -0.730. The first-order valence-electron chi connectivity index (χ1n) is 6.90. The Morgan fingerprint density at radius 1 is 1.17 bits per heavy atom. The Hall–Kier alpha value is -2.11. The minimum absolute atomic E-state index is 0.146. The summed E-state index contributed by atoms with van der Waals surface area (Å²) in [5.41, 5.74) is 1.20. The highest BCUT2D eigenvalue weighted by molar-refractivity contribution is 6.36. The van der Waals surface area contributed by atoms with E-state index in [-0.39, 0.29) is 29.1 Å². The highest BCUT2D eigenvalue weighted by Crippen LogP contribution is 2.20. The van der Waals surface area contributed by atoms with Crippen LogP contribution in [0.2, 0.25) is 10.0 Å². The molecule has 0 aliphatic heterocycles. The van der Waals surface area contributed by atoms with Gasteiger partial charge in [-0.3, -0.25) is 14.6 Å². The number of nitrogens with zero attached hydrogens (tertiary/aromatic N) is 1. The molecular weight excluding hydrogens is 337 g/mol. The molecule has 1 aromatic heterocycles. The van der Waals surface area contributed by atoms with Crippen LogP contribution in [0.5, 0.6) is 0 Å². The molecule has 5 nitrogen and oxygen atoms in total. The quantitative estimate of drug-likeness (QED) is 0.869. The molecule has 1 aromatic carbocycles. The van der Waals surface area contributed by atoms with Crippen LogP contribution in [0.1, 0.15) is 28.9 Å². The molecule has 0 aliphatic carbocycles. The lowest BCUT2D eigenvalue weighted by atomic mass is 10.1. The number of carbonyl (C=O) groups excluding carboxylic acids is 2. The van der Waals surface area contributed by atoms with Crippen molar-refractivity contribution in [1.29, 1.82) is 0 Å². The van der Waals surface area contributed by atoms with E-state index in [4.69, 9.17) is 23.2 Å². The summed E-state index contributed by atoms with van der Waals surface area (Å²) < 4.78 is 0. The van der Waals surface area contributed by atoms with Gasteiger partial charge in [0.15, 0.2) is 0 Å². The number of hydrogen-bond acceptors (Lipinski definition) is 3. The van der Waals surface area contributed by atoms with E-state index in [1.807, 2.05) is 19.1 Å². The first-order chi connectivity index (χ1) is 11.0. The maximum Gasteiger partial charge on any atom is 0.253 e. The summed E-state index contributed by atoms with van der Waals surface area (Å²) in [5, 5.41) is 5.99. The van der Waals surface area contributed by atoms with Gasteiger partial charge in [0, 0.05) is 17.4 Å². The molecule has 120 valence electrons. The first kappa shape index (κ1) is 17.2. The van der Waals surface area contributed by atoms with E-state index in [1.165, 1.54) is 12.1 Å². The van der Waals surface area contributed by atoms with Gasteiger partial charge in [0.05, 0.1) is 23.2 Å². The maximum atomic E-state index is 12.0. The molecule has 7 heteroatoms. The molecule has 1 unspecified atom stereocenters. The summed E-state index contributed by atoms with van der Waals surface area (Å²) in [6.07, 6.45) is 3.31. The fourth-order valence-corrected chi connectivity index (χ4v) is 2.45. The van der Waals surface area contributed by atoms with Crippen molar-refractivity contribution in [2.24, 2.45) is 0 Å². The molecule has 0 radical (unpaired) electrons. The third-order valence-corrected chi connectivity index (χ3v) is 3.72. The van der Waals surface area contributed by atoms with Crippen LogP contribution in [-0.2, 0) is 4.79 Å². The molecule has 23 heavy (non-hydrogen) atoms. The number of rotatable bonds is 5. The fraction of sp³-hybridized carbons (Fsp3) is 0.188. The fourth-order valence-electron chi connectivity index (χ4n) is 1.96. The van der Waals surface area contributed by atoms with Crippen LogP contribution < -0.4 is 10.6 Å². The SMILES string of the molecule is CC(NC(=O)CNC(=O)c1ccc(Cl)cc1Cl)c1ccncc1. The third kappa shape index (κ3) is 4.94. The standard InChI is InChI=1S/C16H15Cl2N3O2/c1-10(11-4-6-19-7-5-11)21-15(22)9-20-16(23)13-3-2-12(17)8-14(13)18/h2-8,10H,9H2,1H3,(H,20,23)(H,21,22). The number of benzene rings is 1. The second-order valence-corrected chi connectivity index (χ2v) is 5.72. The highest BCUT2D eigenvalue weighted by atomic mass is 35.5. The number of nitrogens with one attached hydrogen (secondary N) is 2. The normalized spacial score (nSPS) is 11.6. The van der Waals surface area contributed by atoms with Crippen LogP contribution >= 0.6 is 23.2 Å². The van der Waals surface area contributed by atoms with Crippen LogP contribution in [0.25, 0.3) is 0 Å². The van der Waals surface area contributed by atoms with E-state index in [0.717, 1.165) is 5.56 Å². The van der Waals surface area contributed by atoms with Gasteiger partial charge >= 0.3 is 0 Å². The molecule has 0 fully saturated rings. The van der Waals surface area contributed by atoms with Crippen molar-refractivity contribution >= 4 is 35.0 Å². The Bertz CT molecular complexity index is 708. The molecule has 2 amide bonds. The van der Waals surface area contributed by atoms with E-state index in [9.17, 15) is 9.59 Å². The Balaban J connectivity index is 1.88. The zero-order valence-corrected chi connectivity index (χ0v) is 13.9. The van der Waals surface area contributed by atoms with Crippen molar-refractivity contribution in [3.05, 3.63) is 63.9 Å². The van der Waals surface area contributed by atoms with Gasteiger partial charge in [-0.25, -0.2) is 0 Å². The second-order valence-electron chi connectivity index (χ2n) is 4.88. The molecular formula is C16H15Cl2N3O2. The van der Waals surface area contributed by atoms with Crippen molar-refractivity contribution < 1.29 is 9.59 Å². The number of amides is 2. The predicted molar refractivity (Wildman–Crippen MR) is 89.6 cm³/mol. The van der Waals surface area contributed by atoms with Crippen molar-refractivity contribution in [3.8, 4) is 0 Å². The Morgan fingerprint density at radius 3 is 2.52 bits per heavy atom. The van der Waals surface area contributed by atoms with Crippen molar-refractivity contribution in [3.63, 3.8) is 0 Å². The number of carbonyl (C=O) groups is 2. The average Bonchev–Trinajstić information content (AvgIpc) is 2.53. The van der Waals surface area contributed by atoms with Crippen molar-refractivity contribution in [2.45, 2.75) is 13.0 Å². The van der Waals surface area contributed by atoms with Gasteiger partial charge in [-0.1, -0.05) is 23.2 Å². The lowest BCUT2D eigenvalue weighted by molar-refractivity contribution is -0.120. The van der Waals surface area contributed by atoms with Gasteiger partial charge in [0.2, 0.25) is 5.91 Å². The number of halogens is 2. The largest absolute Gasteiger partial charge is 0.348 e. The van der Waals surface area contributed by atoms with Crippen LogP contribution in [0.4, 0.5) is 0 Å². The first-order valence-corrected chi connectivity index (χ1v) is 7.65. The van der Waals surface area contributed by atoms with E-state index in [1.54, 1.807) is 18.5 Å². The summed E-state index contributed by atoms with van der Waals surface area (Å²) in [7, 11) is 0. The summed E-state index contributed by atoms with van der Waals surface area (Å²) >= 11 is 11.7. The van der Waals surface area contributed by atoms with Crippen molar-refractivity contribution in [2.75, 3.05) is 6.54 Å². The van der Waals surface area contributed by atoms with Crippen molar-refractivity contribution in [1.82, 2.24) is 15.6 Å². The molecule has 0 bridgehead atoms. The summed E-state index contributed by atoms with van der Waals surface area (Å²) in [6, 6.07) is 8.00. The zero-order chi connectivity index (χ0) is 16.8. The maximum absolute atomic E-state index is 12.0. The Labute approximate surface area is 144 Å². The van der Waals surface area contributed by atoms with Crippen LogP contribution in [0.3, 0.4) is 0 Å². The molecule has 2 aromatic rings. The van der Waals surface area contributed by atoms with Gasteiger partial charge in [-0.05, 0) is 42.8 Å². The van der Waals surface area contributed by atoms with Gasteiger partial charge in [0.25, 0.3) is 5.91 Å². The molecule has 2 rings (SSSR count). The lowest BCUT2D eigenvalue weighted by Gasteiger charge is -2.14. The van der Waals surface area contributed by atoms with Gasteiger partial charge < -0.3 is 10.6 Å². The minimum atomic E-state index is -0.432. The Morgan fingerprint density at radius 2 is 1.87 bits per heavy atom. The van der Waals surface area contributed by atoms with Crippen LogP contribution in [-0.4, -0.2) is 23.3 Å². The molecule has 0 saturated carbocycles. The van der Waals surface area contributed by atoms with E-state index in [2.05, 4.69) is 15.6 Å². The van der Waals surface area contributed by atoms with Gasteiger partial charge in [0.1, 0.15) is 0 Å². The zero-order valence-electron chi connectivity index (χ0n) is 12.3. The number of aromatic nitrogens is 1. The molecule has 0 saturated heterocycles. The van der Waals surface area contributed by atoms with E-state index in [0.29, 0.717) is 5.02 Å². The molecule has 2 N–H and O–H groups in total. The second kappa shape index (κ2) is 7.94. The topological polar surface area (TPSA) is 71.1 Å². The summed E-state index contributed by atoms with van der Waals surface area (Å²) in [4.78, 5) is 27.8. The van der Waals surface area contributed by atoms with Gasteiger partial charge in [-0.15, -0.1) is 0 Å². The Kier molecular flexibility index (Phi) is 5.96. The molecule has 0 spiro atoms. The van der Waals surface area contributed by atoms with E-state index < -0.39 is 5.91 Å². The third-order valence-electron chi connectivity index (χ3n) is 3.17. The summed E-state index contributed by atoms with van der Waals surface area (Å²) in [6.45, 7) is 1.71. The number of pyridine rings is 1. The highest BCUT2D eigenvalue weighted by Gasteiger charge is 2.13. The van der Waals surface area contributed by atoms with Crippen LogP contribution in [0, 0.1) is 0 Å². The van der Waals surface area contributed by atoms with Crippen LogP contribution in [0.15, 0.2) is 42.7 Å². The lowest BCUT2D eigenvalue weighted by Crippen LogP contribution is -2.38. The monoisotopic (exact) mass is 351 g/mol. The minimum Gasteiger partial charge on any atom is -0.348 e. The molecule has 1 heterocycles. The average molecular weight is 352 g/mol. The smallest absolute Gasteiger partial charge is 0.253 e. The van der Waals surface area contributed by atoms with E-state index >= 15 is 0 Å². The molecule has 0 aliphatic rings. The van der Waals surface area contributed by atoms with Gasteiger partial charge in [-0.2, -0.15) is 0 Å². The predicted octanol–water partition coefficient (Wildman–Crippen LogP) is 3.00. The number of hydrogen-bond donors (Lipinski definition) is 2. The molecule has 1 atom stereocenters.